The normalized spacial score (nSPS) is 12.3. The molecule has 0 saturated carbocycles. The van der Waals surface area contributed by atoms with E-state index in [-0.39, 0.29) is 11.8 Å². The molecular weight excluding hydrogens is 206 g/mol. The SMILES string of the molecule is C[C@@H](C(N)=O)c1cccc(-c2nn[nH]n2)c1. The molecule has 6 heteroatoms. The average molecular weight is 217 g/mol. The van der Waals surface area contributed by atoms with Gasteiger partial charge in [-0.05, 0) is 23.8 Å². The maximum absolute atomic E-state index is 11.1. The number of carbonyl (C=O) groups excluding carboxylic acids is 1. The average Bonchev–Trinajstić information content (AvgIpc) is 2.81. The molecule has 0 fully saturated rings. The van der Waals surface area contributed by atoms with E-state index < -0.39 is 0 Å². The molecule has 1 aromatic carbocycles. The molecule has 2 aromatic rings. The summed E-state index contributed by atoms with van der Waals surface area (Å²) in [6, 6.07) is 7.36. The van der Waals surface area contributed by atoms with Crippen LogP contribution in [0.3, 0.4) is 0 Å². The van der Waals surface area contributed by atoms with Gasteiger partial charge in [-0.2, -0.15) is 5.21 Å². The van der Waals surface area contributed by atoms with E-state index in [2.05, 4.69) is 20.6 Å². The number of aromatic amines is 1. The third kappa shape index (κ3) is 1.90. The molecule has 16 heavy (non-hydrogen) atoms. The fourth-order valence-corrected chi connectivity index (χ4v) is 1.40. The van der Waals surface area contributed by atoms with Crippen LogP contribution in [0.25, 0.3) is 11.4 Å². The lowest BCUT2D eigenvalue weighted by atomic mass is 9.98. The van der Waals surface area contributed by atoms with E-state index in [1.54, 1.807) is 6.92 Å². The third-order valence-corrected chi connectivity index (χ3v) is 2.42. The highest BCUT2D eigenvalue weighted by Crippen LogP contribution is 2.20. The lowest BCUT2D eigenvalue weighted by Gasteiger charge is -2.07. The number of nitrogens with one attached hydrogen (secondary N) is 1. The van der Waals surface area contributed by atoms with E-state index in [9.17, 15) is 4.79 Å². The minimum atomic E-state index is -0.356. The number of primary amides is 1. The first-order chi connectivity index (χ1) is 7.68. The molecule has 0 aliphatic rings. The topological polar surface area (TPSA) is 97.5 Å². The van der Waals surface area contributed by atoms with Gasteiger partial charge in [0.1, 0.15) is 0 Å². The predicted molar refractivity (Wildman–Crippen MR) is 57.2 cm³/mol. The highest BCUT2D eigenvalue weighted by molar-refractivity contribution is 5.81. The van der Waals surface area contributed by atoms with Crippen LogP contribution in [-0.4, -0.2) is 26.5 Å². The Labute approximate surface area is 91.9 Å². The van der Waals surface area contributed by atoms with Gasteiger partial charge in [-0.1, -0.05) is 18.2 Å². The predicted octanol–water partition coefficient (Wildman–Crippen LogP) is 0.455. The molecular formula is C10H11N5O. The number of benzene rings is 1. The van der Waals surface area contributed by atoms with Crippen LogP contribution >= 0.6 is 0 Å². The highest BCUT2D eigenvalue weighted by Gasteiger charge is 2.12. The van der Waals surface area contributed by atoms with E-state index in [1.807, 2.05) is 24.3 Å². The van der Waals surface area contributed by atoms with Gasteiger partial charge >= 0.3 is 0 Å². The number of carbonyl (C=O) groups is 1. The summed E-state index contributed by atoms with van der Waals surface area (Å²) in [5.74, 6) is -0.185. The number of hydrogen-bond acceptors (Lipinski definition) is 4. The molecule has 0 radical (unpaired) electrons. The first-order valence-electron chi connectivity index (χ1n) is 4.81. The maximum atomic E-state index is 11.1. The summed E-state index contributed by atoms with van der Waals surface area (Å²) in [4.78, 5) is 11.1. The molecule has 0 saturated heterocycles. The van der Waals surface area contributed by atoms with Crippen LogP contribution in [-0.2, 0) is 4.79 Å². The van der Waals surface area contributed by atoms with Crippen molar-refractivity contribution in [1.82, 2.24) is 20.6 Å². The Balaban J connectivity index is 2.37. The molecule has 0 spiro atoms. The zero-order valence-corrected chi connectivity index (χ0v) is 8.71. The fraction of sp³-hybridized carbons (Fsp3) is 0.200. The molecule has 1 atom stereocenters. The van der Waals surface area contributed by atoms with Crippen LogP contribution < -0.4 is 5.73 Å². The highest BCUT2D eigenvalue weighted by atomic mass is 16.1. The lowest BCUT2D eigenvalue weighted by Crippen LogP contribution is -2.18. The number of H-pyrrole nitrogens is 1. The Hall–Kier alpha value is -2.24. The van der Waals surface area contributed by atoms with Crippen molar-refractivity contribution < 1.29 is 4.79 Å². The fourth-order valence-electron chi connectivity index (χ4n) is 1.40. The second-order valence-corrected chi connectivity index (χ2v) is 3.48. The Bertz CT molecular complexity index is 494. The molecule has 3 N–H and O–H groups in total. The van der Waals surface area contributed by atoms with Gasteiger partial charge in [-0.25, -0.2) is 0 Å². The van der Waals surface area contributed by atoms with Gasteiger partial charge in [0.25, 0.3) is 0 Å². The summed E-state index contributed by atoms with van der Waals surface area (Å²) in [6.07, 6.45) is 0. The summed E-state index contributed by atoms with van der Waals surface area (Å²) in [6.45, 7) is 1.76. The van der Waals surface area contributed by atoms with Crippen molar-refractivity contribution in [2.45, 2.75) is 12.8 Å². The molecule has 2 rings (SSSR count). The Morgan fingerprint density at radius 2 is 2.31 bits per heavy atom. The smallest absolute Gasteiger partial charge is 0.224 e. The summed E-state index contributed by atoms with van der Waals surface area (Å²) in [5, 5.41) is 13.6. The zero-order chi connectivity index (χ0) is 11.5. The van der Waals surface area contributed by atoms with Gasteiger partial charge in [0.05, 0.1) is 5.92 Å². The van der Waals surface area contributed by atoms with Crippen molar-refractivity contribution in [3.05, 3.63) is 29.8 Å². The van der Waals surface area contributed by atoms with Crippen molar-refractivity contribution in [2.75, 3.05) is 0 Å². The van der Waals surface area contributed by atoms with E-state index in [1.165, 1.54) is 0 Å². The molecule has 1 aromatic heterocycles. The lowest BCUT2D eigenvalue weighted by molar-refractivity contribution is -0.119. The van der Waals surface area contributed by atoms with Crippen molar-refractivity contribution in [3.63, 3.8) is 0 Å². The van der Waals surface area contributed by atoms with Crippen LogP contribution in [0, 0.1) is 0 Å². The number of aromatic nitrogens is 4. The number of nitrogens with two attached hydrogens (primary N) is 1. The first-order valence-corrected chi connectivity index (χ1v) is 4.81. The molecule has 0 unspecified atom stereocenters. The standard InChI is InChI=1S/C10H11N5O/c1-6(9(11)16)7-3-2-4-8(5-7)10-12-14-15-13-10/h2-6H,1H3,(H2,11,16)(H,12,13,14,15)/t6-/m1/s1. The number of nitrogens with zero attached hydrogens (tertiary/aromatic N) is 3. The van der Waals surface area contributed by atoms with Crippen LogP contribution in [0.5, 0.6) is 0 Å². The van der Waals surface area contributed by atoms with E-state index in [0.717, 1.165) is 11.1 Å². The van der Waals surface area contributed by atoms with E-state index in [0.29, 0.717) is 5.82 Å². The summed E-state index contributed by atoms with van der Waals surface area (Å²) < 4.78 is 0. The van der Waals surface area contributed by atoms with E-state index in [4.69, 9.17) is 5.73 Å². The van der Waals surface area contributed by atoms with Gasteiger partial charge in [0.2, 0.25) is 11.7 Å². The van der Waals surface area contributed by atoms with Gasteiger partial charge in [0, 0.05) is 5.56 Å². The van der Waals surface area contributed by atoms with Crippen molar-refractivity contribution in [1.29, 1.82) is 0 Å². The second-order valence-electron chi connectivity index (χ2n) is 3.48. The van der Waals surface area contributed by atoms with Crippen molar-refractivity contribution in [2.24, 2.45) is 5.73 Å². The van der Waals surface area contributed by atoms with Gasteiger partial charge < -0.3 is 5.73 Å². The summed E-state index contributed by atoms with van der Waals surface area (Å²) in [7, 11) is 0. The third-order valence-electron chi connectivity index (χ3n) is 2.42. The molecule has 0 aliphatic heterocycles. The van der Waals surface area contributed by atoms with Crippen LogP contribution in [0.1, 0.15) is 18.4 Å². The zero-order valence-electron chi connectivity index (χ0n) is 8.71. The minimum absolute atomic E-state index is 0.327. The summed E-state index contributed by atoms with van der Waals surface area (Å²) >= 11 is 0. The molecule has 0 bridgehead atoms. The second kappa shape index (κ2) is 4.09. The van der Waals surface area contributed by atoms with Gasteiger partial charge in [-0.3, -0.25) is 4.79 Å². The molecule has 1 heterocycles. The van der Waals surface area contributed by atoms with E-state index >= 15 is 0 Å². The van der Waals surface area contributed by atoms with Crippen LogP contribution in [0.15, 0.2) is 24.3 Å². The van der Waals surface area contributed by atoms with Crippen molar-refractivity contribution in [3.8, 4) is 11.4 Å². The monoisotopic (exact) mass is 217 g/mol. The molecule has 0 aliphatic carbocycles. The first kappa shape index (κ1) is 10.3. The van der Waals surface area contributed by atoms with Gasteiger partial charge in [-0.15, -0.1) is 10.2 Å². The van der Waals surface area contributed by atoms with Crippen LogP contribution in [0.2, 0.25) is 0 Å². The number of hydrogen-bond donors (Lipinski definition) is 2. The Morgan fingerprint density at radius 1 is 1.50 bits per heavy atom. The quantitative estimate of drug-likeness (QED) is 0.780. The Kier molecular flexibility index (Phi) is 2.63. The molecule has 6 nitrogen and oxygen atoms in total. The molecule has 1 amide bonds. The Morgan fingerprint density at radius 3 is 2.94 bits per heavy atom. The maximum Gasteiger partial charge on any atom is 0.224 e. The van der Waals surface area contributed by atoms with Crippen molar-refractivity contribution >= 4 is 5.91 Å². The largest absolute Gasteiger partial charge is 0.369 e. The number of tetrazole rings is 1. The summed E-state index contributed by atoms with van der Waals surface area (Å²) in [5.41, 5.74) is 6.90. The number of amides is 1. The molecule has 82 valence electrons. The minimum Gasteiger partial charge on any atom is -0.369 e. The van der Waals surface area contributed by atoms with Crippen LogP contribution in [0.4, 0.5) is 0 Å². The van der Waals surface area contributed by atoms with Gasteiger partial charge in [0.15, 0.2) is 0 Å². The number of rotatable bonds is 3.